The molecule has 1 amide bonds. The maximum Gasteiger partial charge on any atom is 0.258 e. The summed E-state index contributed by atoms with van der Waals surface area (Å²) in [6.07, 6.45) is 0. The van der Waals surface area contributed by atoms with Gasteiger partial charge in [0.15, 0.2) is 12.4 Å². The molecular formula is C18H18BrNO3. The molecule has 1 atom stereocenters. The normalized spacial score (nSPS) is 11.6. The van der Waals surface area contributed by atoms with E-state index in [-0.39, 0.29) is 23.1 Å². The Kier molecular flexibility index (Phi) is 6.35. The molecule has 2 aromatic carbocycles. The summed E-state index contributed by atoms with van der Waals surface area (Å²) in [6, 6.07) is 16.4. The third-order valence-electron chi connectivity index (χ3n) is 3.20. The Bertz CT molecular complexity index is 654. The molecule has 0 bridgehead atoms. The number of amides is 1. The van der Waals surface area contributed by atoms with Crippen LogP contribution in [0.2, 0.25) is 0 Å². The van der Waals surface area contributed by atoms with E-state index in [4.69, 9.17) is 4.74 Å². The molecule has 0 aliphatic carbocycles. The van der Waals surface area contributed by atoms with E-state index in [9.17, 15) is 9.59 Å². The van der Waals surface area contributed by atoms with Gasteiger partial charge in [-0.25, -0.2) is 0 Å². The van der Waals surface area contributed by atoms with Crippen LogP contribution in [-0.2, 0) is 11.3 Å². The summed E-state index contributed by atoms with van der Waals surface area (Å²) in [7, 11) is 0. The minimum absolute atomic E-state index is 0.0113. The SMILES string of the molecule is CC(Br)C(=O)c1ccc(OCC(=O)NCc2ccccc2)cc1. The van der Waals surface area contributed by atoms with Gasteiger partial charge in [0.05, 0.1) is 4.83 Å². The van der Waals surface area contributed by atoms with Gasteiger partial charge in [0.2, 0.25) is 0 Å². The number of Topliss-reactive ketones (excluding diaryl/α,β-unsaturated/α-hetero) is 1. The van der Waals surface area contributed by atoms with Crippen molar-refractivity contribution in [3.05, 3.63) is 65.7 Å². The van der Waals surface area contributed by atoms with E-state index in [1.807, 2.05) is 30.3 Å². The topological polar surface area (TPSA) is 55.4 Å². The summed E-state index contributed by atoms with van der Waals surface area (Å²) in [4.78, 5) is 23.3. The standard InChI is InChI=1S/C18H18BrNO3/c1-13(19)18(22)15-7-9-16(10-8-15)23-12-17(21)20-11-14-5-3-2-4-6-14/h2-10,13H,11-12H2,1H3,(H,20,21). The fraction of sp³-hybridized carbons (Fsp3) is 0.222. The molecule has 120 valence electrons. The van der Waals surface area contributed by atoms with Crippen molar-refractivity contribution < 1.29 is 14.3 Å². The van der Waals surface area contributed by atoms with E-state index >= 15 is 0 Å². The van der Waals surface area contributed by atoms with Crippen LogP contribution in [0, 0.1) is 0 Å². The quantitative estimate of drug-likeness (QED) is 0.596. The van der Waals surface area contributed by atoms with Gasteiger partial charge in [-0.05, 0) is 36.8 Å². The first-order chi connectivity index (χ1) is 11.1. The Morgan fingerprint density at radius 1 is 1.09 bits per heavy atom. The first-order valence-corrected chi connectivity index (χ1v) is 8.19. The lowest BCUT2D eigenvalue weighted by atomic mass is 10.1. The van der Waals surface area contributed by atoms with Gasteiger partial charge in [0.25, 0.3) is 5.91 Å². The number of carbonyl (C=O) groups excluding carboxylic acids is 2. The molecule has 2 rings (SSSR count). The molecule has 0 spiro atoms. The van der Waals surface area contributed by atoms with E-state index in [0.29, 0.717) is 17.9 Å². The fourth-order valence-corrected chi connectivity index (χ4v) is 2.21. The molecule has 0 aliphatic rings. The predicted octanol–water partition coefficient (Wildman–Crippen LogP) is 3.35. The van der Waals surface area contributed by atoms with Crippen molar-refractivity contribution in [2.45, 2.75) is 18.3 Å². The Hall–Kier alpha value is -2.14. The molecule has 0 saturated carbocycles. The zero-order chi connectivity index (χ0) is 16.7. The number of halogens is 1. The molecule has 4 nitrogen and oxygen atoms in total. The molecule has 23 heavy (non-hydrogen) atoms. The summed E-state index contributed by atoms with van der Waals surface area (Å²) in [5.41, 5.74) is 1.64. The largest absolute Gasteiger partial charge is 0.484 e. The van der Waals surface area contributed by atoms with Gasteiger partial charge in [0, 0.05) is 12.1 Å². The van der Waals surface area contributed by atoms with Gasteiger partial charge >= 0.3 is 0 Å². The van der Waals surface area contributed by atoms with Crippen molar-refractivity contribution >= 4 is 27.6 Å². The number of ketones is 1. The minimum Gasteiger partial charge on any atom is -0.484 e. The summed E-state index contributed by atoms with van der Waals surface area (Å²) < 4.78 is 5.42. The summed E-state index contributed by atoms with van der Waals surface area (Å²) in [5, 5.41) is 2.79. The highest BCUT2D eigenvalue weighted by atomic mass is 79.9. The first kappa shape index (κ1) is 17.2. The number of hydrogen-bond acceptors (Lipinski definition) is 3. The van der Waals surface area contributed by atoms with Crippen LogP contribution in [0.1, 0.15) is 22.8 Å². The fourth-order valence-electron chi connectivity index (χ4n) is 1.94. The second kappa shape index (κ2) is 8.48. The summed E-state index contributed by atoms with van der Waals surface area (Å²) >= 11 is 3.25. The Labute approximate surface area is 144 Å². The predicted molar refractivity (Wildman–Crippen MR) is 92.9 cm³/mol. The van der Waals surface area contributed by atoms with Crippen LogP contribution < -0.4 is 10.1 Å². The van der Waals surface area contributed by atoms with Crippen LogP contribution >= 0.6 is 15.9 Å². The third-order valence-corrected chi connectivity index (χ3v) is 3.62. The summed E-state index contributed by atoms with van der Waals surface area (Å²) in [5.74, 6) is 0.374. The molecule has 1 unspecified atom stereocenters. The molecule has 1 N–H and O–H groups in total. The number of alkyl halides is 1. The second-order valence-electron chi connectivity index (χ2n) is 5.06. The van der Waals surface area contributed by atoms with Gasteiger partial charge in [-0.1, -0.05) is 46.3 Å². The van der Waals surface area contributed by atoms with Crippen molar-refractivity contribution in [2.75, 3.05) is 6.61 Å². The van der Waals surface area contributed by atoms with Crippen LogP contribution in [0.5, 0.6) is 5.75 Å². The molecule has 0 heterocycles. The number of benzene rings is 2. The van der Waals surface area contributed by atoms with Gasteiger partial charge in [-0.3, -0.25) is 9.59 Å². The molecular weight excluding hydrogens is 358 g/mol. The Morgan fingerprint density at radius 2 is 1.74 bits per heavy atom. The lowest BCUT2D eigenvalue weighted by molar-refractivity contribution is -0.123. The number of carbonyl (C=O) groups is 2. The van der Waals surface area contributed by atoms with E-state index < -0.39 is 0 Å². The smallest absolute Gasteiger partial charge is 0.258 e. The second-order valence-corrected chi connectivity index (χ2v) is 6.43. The number of hydrogen-bond donors (Lipinski definition) is 1. The highest BCUT2D eigenvalue weighted by molar-refractivity contribution is 9.10. The van der Waals surface area contributed by atoms with E-state index in [0.717, 1.165) is 5.56 Å². The lowest BCUT2D eigenvalue weighted by Crippen LogP contribution is -2.28. The zero-order valence-electron chi connectivity index (χ0n) is 12.8. The molecule has 0 radical (unpaired) electrons. The highest BCUT2D eigenvalue weighted by Crippen LogP contribution is 2.15. The van der Waals surface area contributed by atoms with Crippen LogP contribution in [-0.4, -0.2) is 23.1 Å². The molecule has 0 aromatic heterocycles. The number of nitrogens with one attached hydrogen (secondary N) is 1. The molecule has 0 fully saturated rings. The first-order valence-electron chi connectivity index (χ1n) is 7.28. The molecule has 2 aromatic rings. The maximum atomic E-state index is 11.8. The van der Waals surface area contributed by atoms with Crippen LogP contribution in [0.25, 0.3) is 0 Å². The van der Waals surface area contributed by atoms with Crippen molar-refractivity contribution in [1.29, 1.82) is 0 Å². The number of rotatable bonds is 7. The molecule has 0 aliphatic heterocycles. The Balaban J connectivity index is 1.79. The average Bonchev–Trinajstić information content (AvgIpc) is 2.58. The van der Waals surface area contributed by atoms with Gasteiger partial charge in [-0.2, -0.15) is 0 Å². The average molecular weight is 376 g/mol. The van der Waals surface area contributed by atoms with Crippen LogP contribution in [0.3, 0.4) is 0 Å². The maximum absolute atomic E-state index is 11.8. The summed E-state index contributed by atoms with van der Waals surface area (Å²) in [6.45, 7) is 2.19. The monoisotopic (exact) mass is 375 g/mol. The van der Waals surface area contributed by atoms with Crippen molar-refractivity contribution in [1.82, 2.24) is 5.32 Å². The van der Waals surface area contributed by atoms with Crippen molar-refractivity contribution in [3.63, 3.8) is 0 Å². The molecule has 5 heteroatoms. The lowest BCUT2D eigenvalue weighted by Gasteiger charge is -2.08. The van der Waals surface area contributed by atoms with E-state index in [2.05, 4.69) is 21.2 Å². The van der Waals surface area contributed by atoms with Gasteiger partial charge in [0.1, 0.15) is 5.75 Å². The van der Waals surface area contributed by atoms with Gasteiger partial charge < -0.3 is 10.1 Å². The minimum atomic E-state index is -0.224. The zero-order valence-corrected chi connectivity index (χ0v) is 14.4. The van der Waals surface area contributed by atoms with Crippen molar-refractivity contribution in [3.8, 4) is 5.75 Å². The Morgan fingerprint density at radius 3 is 2.35 bits per heavy atom. The van der Waals surface area contributed by atoms with Crippen molar-refractivity contribution in [2.24, 2.45) is 0 Å². The number of ether oxygens (including phenoxy) is 1. The van der Waals surface area contributed by atoms with E-state index in [1.165, 1.54) is 0 Å². The van der Waals surface area contributed by atoms with Crippen LogP contribution in [0.4, 0.5) is 0 Å². The highest BCUT2D eigenvalue weighted by Gasteiger charge is 2.11. The molecule has 0 saturated heterocycles. The third kappa shape index (κ3) is 5.53. The van der Waals surface area contributed by atoms with Crippen LogP contribution in [0.15, 0.2) is 54.6 Å². The van der Waals surface area contributed by atoms with E-state index in [1.54, 1.807) is 31.2 Å². The van der Waals surface area contributed by atoms with Gasteiger partial charge in [-0.15, -0.1) is 0 Å².